The largest absolute Gasteiger partial charge is 0.396 e. The molecule has 0 saturated heterocycles. The minimum atomic E-state index is -0.378. The smallest absolute Gasteiger partial charge is 0.282 e. The molecular weight excluding hydrogens is 359 g/mol. The van der Waals surface area contributed by atoms with Gasteiger partial charge in [-0.25, -0.2) is 0 Å². The van der Waals surface area contributed by atoms with E-state index in [0.29, 0.717) is 9.49 Å². The molecular formula is C13H19IN2O3. The monoisotopic (exact) mass is 378 g/mol. The van der Waals surface area contributed by atoms with Crippen LogP contribution in [0.25, 0.3) is 0 Å². The first-order chi connectivity index (χ1) is 9.08. The van der Waals surface area contributed by atoms with Crippen LogP contribution in [0.4, 0.5) is 11.4 Å². The van der Waals surface area contributed by atoms with Crippen molar-refractivity contribution in [2.24, 2.45) is 5.92 Å². The Hall–Kier alpha value is -0.890. The third kappa shape index (κ3) is 5.32. The molecule has 0 aromatic heterocycles. The van der Waals surface area contributed by atoms with E-state index in [-0.39, 0.29) is 17.2 Å². The van der Waals surface area contributed by atoms with Gasteiger partial charge in [0.1, 0.15) is 0 Å². The van der Waals surface area contributed by atoms with Crippen LogP contribution in [0.1, 0.15) is 26.2 Å². The molecule has 0 spiro atoms. The molecule has 0 aliphatic carbocycles. The number of aliphatic hydroxyl groups is 1. The number of halogens is 1. The maximum Gasteiger partial charge on any atom is 0.282 e. The fourth-order valence-corrected chi connectivity index (χ4v) is 2.68. The Labute approximate surface area is 126 Å². The van der Waals surface area contributed by atoms with Crippen molar-refractivity contribution in [3.8, 4) is 0 Å². The highest BCUT2D eigenvalue weighted by Gasteiger charge is 2.12. The van der Waals surface area contributed by atoms with Gasteiger partial charge in [0.25, 0.3) is 5.69 Å². The lowest BCUT2D eigenvalue weighted by Crippen LogP contribution is -2.15. The predicted octanol–water partition coefficient (Wildman–Crippen LogP) is 3.41. The first kappa shape index (κ1) is 16.2. The lowest BCUT2D eigenvalue weighted by atomic mass is 10.0. The molecule has 1 aromatic carbocycles. The molecule has 0 saturated carbocycles. The second kappa shape index (κ2) is 8.31. The average molecular weight is 378 g/mol. The Bertz CT molecular complexity index is 420. The topological polar surface area (TPSA) is 75.4 Å². The lowest BCUT2D eigenvalue weighted by Gasteiger charge is -2.16. The van der Waals surface area contributed by atoms with Crippen molar-refractivity contribution in [3.63, 3.8) is 0 Å². The third-order valence-corrected chi connectivity index (χ3v) is 3.84. The summed E-state index contributed by atoms with van der Waals surface area (Å²) in [5, 5.41) is 23.0. The van der Waals surface area contributed by atoms with Crippen LogP contribution in [-0.4, -0.2) is 23.2 Å². The molecule has 2 N–H and O–H groups in total. The molecule has 0 radical (unpaired) electrons. The quantitative estimate of drug-likeness (QED) is 0.413. The average Bonchev–Trinajstić information content (AvgIpc) is 2.36. The molecule has 1 unspecified atom stereocenters. The normalized spacial score (nSPS) is 12.2. The number of rotatable bonds is 8. The van der Waals surface area contributed by atoms with Crippen LogP contribution in [0.5, 0.6) is 0 Å². The highest BCUT2D eigenvalue weighted by molar-refractivity contribution is 14.1. The van der Waals surface area contributed by atoms with E-state index in [1.54, 1.807) is 12.1 Å². The highest BCUT2D eigenvalue weighted by atomic mass is 127. The lowest BCUT2D eigenvalue weighted by molar-refractivity contribution is -0.385. The van der Waals surface area contributed by atoms with Gasteiger partial charge in [0.2, 0.25) is 0 Å². The number of anilines is 1. The van der Waals surface area contributed by atoms with Crippen molar-refractivity contribution in [3.05, 3.63) is 31.9 Å². The standard InChI is InChI=1S/C13H19IN2O3/c1-2-3-10(6-7-17)9-15-11-4-5-13(16(18)19)12(14)8-11/h4-5,8,10,15,17H,2-3,6-7,9H2,1H3. The molecule has 1 rings (SSSR count). The van der Waals surface area contributed by atoms with E-state index >= 15 is 0 Å². The number of nitrogens with one attached hydrogen (secondary N) is 1. The Morgan fingerprint density at radius 1 is 1.47 bits per heavy atom. The van der Waals surface area contributed by atoms with E-state index in [1.165, 1.54) is 6.07 Å². The minimum absolute atomic E-state index is 0.131. The summed E-state index contributed by atoms with van der Waals surface area (Å²) in [4.78, 5) is 10.3. The highest BCUT2D eigenvalue weighted by Crippen LogP contribution is 2.24. The van der Waals surface area contributed by atoms with E-state index in [9.17, 15) is 10.1 Å². The van der Waals surface area contributed by atoms with E-state index < -0.39 is 0 Å². The maximum atomic E-state index is 10.7. The summed E-state index contributed by atoms with van der Waals surface area (Å²) in [6, 6.07) is 5.02. The summed E-state index contributed by atoms with van der Waals surface area (Å²) in [6.07, 6.45) is 2.94. The summed E-state index contributed by atoms with van der Waals surface area (Å²) in [5.74, 6) is 0.433. The number of aliphatic hydroxyl groups excluding tert-OH is 1. The Balaban J connectivity index is 2.62. The molecule has 0 aliphatic heterocycles. The van der Waals surface area contributed by atoms with Crippen molar-refractivity contribution < 1.29 is 10.0 Å². The summed E-state index contributed by atoms with van der Waals surface area (Å²) < 4.78 is 0.627. The van der Waals surface area contributed by atoms with Crippen molar-refractivity contribution in [2.75, 3.05) is 18.5 Å². The summed E-state index contributed by atoms with van der Waals surface area (Å²) in [7, 11) is 0. The molecule has 0 aliphatic rings. The fraction of sp³-hybridized carbons (Fsp3) is 0.538. The zero-order valence-electron chi connectivity index (χ0n) is 10.9. The van der Waals surface area contributed by atoms with Gasteiger partial charge in [-0.1, -0.05) is 13.3 Å². The molecule has 0 heterocycles. The Morgan fingerprint density at radius 2 is 2.21 bits per heavy atom. The third-order valence-electron chi connectivity index (χ3n) is 2.97. The Morgan fingerprint density at radius 3 is 2.74 bits per heavy atom. The molecule has 1 aromatic rings. The zero-order valence-corrected chi connectivity index (χ0v) is 13.1. The minimum Gasteiger partial charge on any atom is -0.396 e. The fourth-order valence-electron chi connectivity index (χ4n) is 1.97. The maximum absolute atomic E-state index is 10.7. The number of nitro benzene ring substituents is 1. The summed E-state index contributed by atoms with van der Waals surface area (Å²) in [6.45, 7) is 3.10. The molecule has 19 heavy (non-hydrogen) atoms. The van der Waals surface area contributed by atoms with Gasteiger partial charge in [0.15, 0.2) is 0 Å². The van der Waals surface area contributed by atoms with E-state index in [1.807, 2.05) is 22.6 Å². The SMILES string of the molecule is CCCC(CCO)CNc1ccc([N+](=O)[O-])c(I)c1. The van der Waals surface area contributed by atoms with Gasteiger partial charge in [0.05, 0.1) is 8.49 Å². The van der Waals surface area contributed by atoms with Gasteiger partial charge in [-0.2, -0.15) is 0 Å². The molecule has 106 valence electrons. The molecule has 1 atom stereocenters. The van der Waals surface area contributed by atoms with Crippen LogP contribution in [0, 0.1) is 19.6 Å². The van der Waals surface area contributed by atoms with Crippen LogP contribution in [-0.2, 0) is 0 Å². The Kier molecular flexibility index (Phi) is 7.07. The van der Waals surface area contributed by atoms with E-state index in [4.69, 9.17) is 5.11 Å². The van der Waals surface area contributed by atoms with Gasteiger partial charge in [-0.05, 0) is 53.5 Å². The number of benzene rings is 1. The molecule has 5 nitrogen and oxygen atoms in total. The summed E-state index contributed by atoms with van der Waals surface area (Å²) >= 11 is 1.97. The number of hydrogen-bond donors (Lipinski definition) is 2. The number of nitro groups is 1. The van der Waals surface area contributed by atoms with Crippen molar-refractivity contribution in [1.82, 2.24) is 0 Å². The second-order valence-electron chi connectivity index (χ2n) is 4.47. The summed E-state index contributed by atoms with van der Waals surface area (Å²) in [5.41, 5.74) is 1.01. The molecule has 0 bridgehead atoms. The van der Waals surface area contributed by atoms with Gasteiger partial charge in [-0.3, -0.25) is 10.1 Å². The van der Waals surface area contributed by atoms with Gasteiger partial charge < -0.3 is 10.4 Å². The predicted molar refractivity (Wildman–Crippen MR) is 84.4 cm³/mol. The zero-order chi connectivity index (χ0) is 14.3. The van der Waals surface area contributed by atoms with Crippen LogP contribution >= 0.6 is 22.6 Å². The number of nitrogens with zero attached hydrogens (tertiary/aromatic N) is 1. The second-order valence-corrected chi connectivity index (χ2v) is 5.63. The van der Waals surface area contributed by atoms with Crippen LogP contribution in [0.2, 0.25) is 0 Å². The number of hydrogen-bond acceptors (Lipinski definition) is 4. The van der Waals surface area contributed by atoms with Crippen molar-refractivity contribution in [1.29, 1.82) is 0 Å². The molecule has 0 fully saturated rings. The molecule has 6 heteroatoms. The van der Waals surface area contributed by atoms with Gasteiger partial charge in [0, 0.05) is 24.9 Å². The van der Waals surface area contributed by atoms with Crippen LogP contribution in [0.15, 0.2) is 18.2 Å². The van der Waals surface area contributed by atoms with E-state index in [2.05, 4.69) is 12.2 Å². The molecule has 0 amide bonds. The first-order valence-electron chi connectivity index (χ1n) is 6.37. The van der Waals surface area contributed by atoms with Gasteiger partial charge in [-0.15, -0.1) is 0 Å². The van der Waals surface area contributed by atoms with Gasteiger partial charge >= 0.3 is 0 Å². The van der Waals surface area contributed by atoms with Crippen LogP contribution < -0.4 is 5.32 Å². The first-order valence-corrected chi connectivity index (χ1v) is 7.45. The van der Waals surface area contributed by atoms with Crippen LogP contribution in [0.3, 0.4) is 0 Å². The van der Waals surface area contributed by atoms with Crippen molar-refractivity contribution >= 4 is 34.0 Å². The van der Waals surface area contributed by atoms with Crippen molar-refractivity contribution in [2.45, 2.75) is 26.2 Å². The van der Waals surface area contributed by atoms with E-state index in [0.717, 1.165) is 31.5 Å².